The first-order valence-electron chi connectivity index (χ1n) is 14.8. The van der Waals surface area contributed by atoms with E-state index >= 15 is 0 Å². The highest BCUT2D eigenvalue weighted by molar-refractivity contribution is 6.04. The molecule has 0 fully saturated rings. The quantitative estimate of drug-likeness (QED) is 0.331. The van der Waals surface area contributed by atoms with E-state index in [1.54, 1.807) is 6.08 Å². The Balaban J connectivity index is -0.000000486. The summed E-state index contributed by atoms with van der Waals surface area (Å²) in [6.07, 6.45) is 10.1. The summed E-state index contributed by atoms with van der Waals surface area (Å²) >= 11 is 0. The lowest BCUT2D eigenvalue weighted by atomic mass is 10.1. The number of hydrogen-bond acceptors (Lipinski definition) is 4. The number of aryl methyl sites for hydroxylation is 1. The first kappa shape index (κ1) is 41.6. The molecule has 0 atom stereocenters. The molecule has 5 nitrogen and oxygen atoms in total. The molecular formula is C32H62N4O. The van der Waals surface area contributed by atoms with Gasteiger partial charge in [-0.2, -0.15) is 0 Å². The Hall–Kier alpha value is -2.56. The van der Waals surface area contributed by atoms with Gasteiger partial charge in [0.2, 0.25) is 5.91 Å². The number of anilines is 3. The lowest BCUT2D eigenvalue weighted by molar-refractivity contribution is -0.115. The summed E-state index contributed by atoms with van der Waals surface area (Å²) < 4.78 is 0. The van der Waals surface area contributed by atoms with Gasteiger partial charge in [-0.3, -0.25) is 4.79 Å². The number of carbonyl (C=O) groups excluding carboxylic acids is 1. The molecule has 0 aliphatic carbocycles. The van der Waals surface area contributed by atoms with Crippen molar-refractivity contribution < 1.29 is 4.79 Å². The van der Waals surface area contributed by atoms with Crippen molar-refractivity contribution in [3.05, 3.63) is 48.2 Å². The number of nitrogens with zero attached hydrogens (tertiary/aromatic N) is 3. The van der Waals surface area contributed by atoms with Crippen LogP contribution < -0.4 is 15.1 Å². The maximum Gasteiger partial charge on any atom is 0.244 e. The molecule has 0 spiro atoms. The van der Waals surface area contributed by atoms with Crippen molar-refractivity contribution in [1.82, 2.24) is 4.98 Å². The lowest BCUT2D eigenvalue weighted by Gasteiger charge is -2.34. The first-order chi connectivity index (χ1) is 18.0. The van der Waals surface area contributed by atoms with Crippen molar-refractivity contribution in [1.29, 1.82) is 0 Å². The number of pyridine rings is 1. The Morgan fingerprint density at radius 1 is 1.08 bits per heavy atom. The van der Waals surface area contributed by atoms with Gasteiger partial charge in [0.15, 0.2) is 5.82 Å². The highest BCUT2D eigenvalue weighted by atomic mass is 16.2. The Morgan fingerprint density at radius 2 is 1.65 bits per heavy atom. The number of nitrogens with one attached hydrogen (secondary N) is 1. The van der Waals surface area contributed by atoms with Gasteiger partial charge >= 0.3 is 0 Å². The third kappa shape index (κ3) is 16.0. The first-order valence-corrected chi connectivity index (χ1v) is 14.8. The number of aromatic nitrogens is 1. The molecule has 2 heterocycles. The highest BCUT2D eigenvalue weighted by Gasteiger charge is 2.28. The van der Waals surface area contributed by atoms with Crippen LogP contribution in [0, 0.1) is 6.92 Å². The standard InChI is InChI=1S/C22H32N4O.5C2H6/c1-6-10-13-25(9-4)19-14-17(5)23-22-21(19)24-20(27)16-26(22)15-18(11-7-2)12-8-3;5*1-2/h7-8,11-12,14H,2,6,9-10,13,15-16H2,1,3-5H3,(H,24,27);5*1-2H3/b12-8-,18-11+;;;;;. The molecule has 0 aromatic carbocycles. The molecule has 2 rings (SSSR count). The zero-order chi connectivity index (χ0) is 29.8. The summed E-state index contributed by atoms with van der Waals surface area (Å²) in [7, 11) is 0. The fourth-order valence-electron chi connectivity index (χ4n) is 3.34. The summed E-state index contributed by atoms with van der Waals surface area (Å²) in [5.74, 6) is 0.846. The maximum atomic E-state index is 12.4. The van der Waals surface area contributed by atoms with Gasteiger partial charge in [-0.1, -0.05) is 113 Å². The predicted octanol–water partition coefficient (Wildman–Crippen LogP) is 9.59. The molecule has 0 radical (unpaired) electrons. The molecule has 37 heavy (non-hydrogen) atoms. The van der Waals surface area contributed by atoms with E-state index in [1.807, 2.05) is 106 Å². The minimum atomic E-state index is -0.000575. The zero-order valence-electron chi connectivity index (χ0n) is 27.1. The molecule has 1 amide bonds. The minimum absolute atomic E-state index is 0.000575. The average molecular weight is 519 g/mol. The SMILES string of the molecule is C=C/C=C(\C=C/C)CN1CC(=O)Nc2c(N(CC)CCCC)cc(C)nc21.CC.CC.CC.CC.CC. The van der Waals surface area contributed by atoms with Crippen molar-refractivity contribution in [3.63, 3.8) is 0 Å². The number of amides is 1. The second-order valence-electron chi connectivity index (χ2n) is 6.80. The van der Waals surface area contributed by atoms with Gasteiger partial charge in [0, 0.05) is 25.3 Å². The van der Waals surface area contributed by atoms with E-state index in [4.69, 9.17) is 4.98 Å². The minimum Gasteiger partial charge on any atom is -0.370 e. The Kier molecular flexibility index (Phi) is 33.3. The molecule has 1 aliphatic heterocycles. The summed E-state index contributed by atoms with van der Waals surface area (Å²) in [4.78, 5) is 21.6. The van der Waals surface area contributed by atoms with Gasteiger partial charge in [-0.25, -0.2) is 4.98 Å². The van der Waals surface area contributed by atoms with Gasteiger partial charge in [-0.05, 0) is 38.8 Å². The second-order valence-corrected chi connectivity index (χ2v) is 6.80. The van der Waals surface area contributed by atoms with Crippen LogP contribution in [0.5, 0.6) is 0 Å². The van der Waals surface area contributed by atoms with Crippen molar-refractivity contribution in [3.8, 4) is 0 Å². The Bertz CT molecular complexity index is 739. The fraction of sp³-hybridized carbons (Fsp3) is 0.625. The highest BCUT2D eigenvalue weighted by Crippen LogP contribution is 2.37. The second kappa shape index (κ2) is 29.7. The molecule has 0 saturated carbocycles. The molecule has 0 unspecified atom stereocenters. The lowest BCUT2D eigenvalue weighted by Crippen LogP contribution is -2.41. The van der Waals surface area contributed by atoms with Crippen LogP contribution in [-0.4, -0.2) is 37.1 Å². The van der Waals surface area contributed by atoms with Gasteiger partial charge in [0.05, 0.1) is 12.2 Å². The number of carbonyl (C=O) groups is 1. The van der Waals surface area contributed by atoms with E-state index in [-0.39, 0.29) is 5.91 Å². The van der Waals surface area contributed by atoms with Gasteiger partial charge in [0.1, 0.15) is 5.69 Å². The van der Waals surface area contributed by atoms with E-state index in [9.17, 15) is 4.79 Å². The summed E-state index contributed by atoms with van der Waals surface area (Å²) in [6.45, 7) is 34.9. The predicted molar refractivity (Wildman–Crippen MR) is 172 cm³/mol. The largest absolute Gasteiger partial charge is 0.370 e. The molecular weight excluding hydrogens is 456 g/mol. The van der Waals surface area contributed by atoms with Crippen molar-refractivity contribution in [2.75, 3.05) is 41.3 Å². The van der Waals surface area contributed by atoms with Gasteiger partial charge in [-0.15, -0.1) is 0 Å². The van der Waals surface area contributed by atoms with E-state index in [1.165, 1.54) is 0 Å². The summed E-state index contributed by atoms with van der Waals surface area (Å²) in [5, 5.41) is 3.07. The van der Waals surface area contributed by atoms with Gasteiger partial charge in [0.25, 0.3) is 0 Å². The third-order valence-electron chi connectivity index (χ3n) is 4.60. The third-order valence-corrected chi connectivity index (χ3v) is 4.60. The van der Waals surface area contributed by atoms with Crippen LogP contribution in [0.3, 0.4) is 0 Å². The molecule has 1 aromatic heterocycles. The van der Waals surface area contributed by atoms with E-state index in [2.05, 4.69) is 36.7 Å². The van der Waals surface area contributed by atoms with Gasteiger partial charge < -0.3 is 15.1 Å². The normalized spacial score (nSPS) is 11.2. The van der Waals surface area contributed by atoms with Crippen LogP contribution in [0.4, 0.5) is 17.2 Å². The topological polar surface area (TPSA) is 48.5 Å². The summed E-state index contributed by atoms with van der Waals surface area (Å²) in [5.41, 5.74) is 3.94. The number of rotatable bonds is 9. The molecule has 0 bridgehead atoms. The monoisotopic (exact) mass is 518 g/mol. The molecule has 216 valence electrons. The summed E-state index contributed by atoms with van der Waals surface area (Å²) in [6, 6.07) is 2.08. The van der Waals surface area contributed by atoms with E-state index < -0.39 is 0 Å². The number of hydrogen-bond donors (Lipinski definition) is 1. The van der Waals surface area contributed by atoms with Crippen LogP contribution in [0.1, 0.15) is 109 Å². The number of fused-ring (bicyclic) bond motifs is 1. The molecule has 1 N–H and O–H groups in total. The molecule has 1 aliphatic rings. The van der Waals surface area contributed by atoms with Crippen molar-refractivity contribution in [2.24, 2.45) is 0 Å². The van der Waals surface area contributed by atoms with Crippen LogP contribution in [0.25, 0.3) is 0 Å². The van der Waals surface area contributed by atoms with Crippen molar-refractivity contribution in [2.45, 2.75) is 110 Å². The zero-order valence-corrected chi connectivity index (χ0v) is 27.1. The molecule has 1 aromatic rings. The van der Waals surface area contributed by atoms with Crippen LogP contribution in [-0.2, 0) is 4.79 Å². The van der Waals surface area contributed by atoms with E-state index in [0.29, 0.717) is 13.1 Å². The van der Waals surface area contributed by atoms with Crippen LogP contribution in [0.2, 0.25) is 0 Å². The van der Waals surface area contributed by atoms with Crippen LogP contribution >= 0.6 is 0 Å². The van der Waals surface area contributed by atoms with E-state index in [0.717, 1.165) is 54.4 Å². The maximum absolute atomic E-state index is 12.4. The Morgan fingerprint density at radius 3 is 2.11 bits per heavy atom. The molecule has 5 heteroatoms. The van der Waals surface area contributed by atoms with Crippen LogP contribution in [0.15, 0.2) is 42.5 Å². The van der Waals surface area contributed by atoms with Crippen molar-refractivity contribution >= 4 is 23.1 Å². The fourth-order valence-corrected chi connectivity index (χ4v) is 3.34. The smallest absolute Gasteiger partial charge is 0.244 e. The number of unbranched alkanes of at least 4 members (excludes halogenated alkanes) is 1. The Labute approximate surface area is 232 Å². The number of allylic oxidation sites excluding steroid dienone is 3. The average Bonchev–Trinajstić information content (AvgIpc) is 2.95. The molecule has 0 saturated heterocycles.